The second-order valence-electron chi connectivity index (χ2n) is 6.95. The van der Waals surface area contributed by atoms with Crippen molar-refractivity contribution in [1.82, 2.24) is 10.6 Å². The number of ether oxygens (including phenoxy) is 1. The molecule has 2 rings (SSSR count). The molecule has 10 heteroatoms. The largest absolute Gasteiger partial charge is 0.454 e. The van der Waals surface area contributed by atoms with E-state index in [-0.39, 0.29) is 17.4 Å². The molecule has 2 unspecified atom stereocenters. The fraction of sp³-hybridized carbons (Fsp3) is 0.500. The number of nitrogens with one attached hydrogen (secondary N) is 2. The molecule has 0 aromatic heterocycles. The summed E-state index contributed by atoms with van der Waals surface area (Å²) >= 11 is 3.29. The minimum atomic E-state index is -3.11. The second kappa shape index (κ2) is 9.51. The molecule has 1 aliphatic rings. The third kappa shape index (κ3) is 6.30. The predicted octanol–water partition coefficient (Wildman–Crippen LogP) is 1.05. The average Bonchev–Trinajstić information content (AvgIpc) is 2.95. The van der Waals surface area contributed by atoms with Crippen molar-refractivity contribution in [1.29, 1.82) is 0 Å². The summed E-state index contributed by atoms with van der Waals surface area (Å²) in [6, 6.07) is 5.40. The number of benzene rings is 1. The molecule has 1 aliphatic heterocycles. The van der Waals surface area contributed by atoms with Gasteiger partial charge >= 0.3 is 5.97 Å². The smallest absolute Gasteiger partial charge is 0.329 e. The highest BCUT2D eigenvalue weighted by molar-refractivity contribution is 9.10. The molecule has 2 atom stereocenters. The molecule has 1 aromatic rings. The molecule has 8 nitrogen and oxygen atoms in total. The summed E-state index contributed by atoms with van der Waals surface area (Å²) in [4.78, 5) is 36.7. The van der Waals surface area contributed by atoms with E-state index in [9.17, 15) is 22.8 Å². The second-order valence-corrected chi connectivity index (χ2v) is 10.0. The topological polar surface area (TPSA) is 119 Å². The van der Waals surface area contributed by atoms with Gasteiger partial charge in [-0.25, -0.2) is 13.2 Å². The molecule has 154 valence electrons. The Morgan fingerprint density at radius 2 is 1.93 bits per heavy atom. The van der Waals surface area contributed by atoms with Crippen molar-refractivity contribution in [3.8, 4) is 0 Å². The molecule has 2 amide bonds. The van der Waals surface area contributed by atoms with Crippen LogP contribution in [0.25, 0.3) is 0 Å². The summed E-state index contributed by atoms with van der Waals surface area (Å²) in [5, 5.41) is 5.17. The highest BCUT2D eigenvalue weighted by atomic mass is 79.9. The van der Waals surface area contributed by atoms with Gasteiger partial charge in [0.05, 0.1) is 17.1 Å². The highest BCUT2D eigenvalue weighted by Gasteiger charge is 2.30. The molecule has 1 saturated heterocycles. The number of rotatable bonds is 7. The van der Waals surface area contributed by atoms with Crippen LogP contribution in [0.2, 0.25) is 0 Å². The molecule has 28 heavy (non-hydrogen) atoms. The van der Waals surface area contributed by atoms with Crippen LogP contribution in [-0.2, 0) is 24.2 Å². The van der Waals surface area contributed by atoms with E-state index >= 15 is 0 Å². The van der Waals surface area contributed by atoms with Crippen LogP contribution in [0, 0.1) is 5.92 Å². The molecule has 0 bridgehead atoms. The van der Waals surface area contributed by atoms with Crippen LogP contribution in [0.3, 0.4) is 0 Å². The van der Waals surface area contributed by atoms with E-state index in [0.29, 0.717) is 16.5 Å². The Balaban J connectivity index is 1.89. The van der Waals surface area contributed by atoms with Crippen molar-refractivity contribution in [3.05, 3.63) is 34.3 Å². The molecule has 0 aliphatic carbocycles. The quantitative estimate of drug-likeness (QED) is 0.570. The monoisotopic (exact) mass is 474 g/mol. The van der Waals surface area contributed by atoms with Gasteiger partial charge in [0.1, 0.15) is 6.04 Å². The Morgan fingerprint density at radius 1 is 1.25 bits per heavy atom. The van der Waals surface area contributed by atoms with Crippen molar-refractivity contribution >= 4 is 43.6 Å². The summed E-state index contributed by atoms with van der Waals surface area (Å²) in [5.74, 6) is -2.08. The van der Waals surface area contributed by atoms with Crippen molar-refractivity contribution in [2.45, 2.75) is 32.4 Å². The van der Waals surface area contributed by atoms with Crippen LogP contribution in [0.1, 0.15) is 30.6 Å². The van der Waals surface area contributed by atoms with Gasteiger partial charge in [0.25, 0.3) is 11.8 Å². The van der Waals surface area contributed by atoms with Crippen LogP contribution in [0.4, 0.5) is 0 Å². The molecule has 1 aromatic carbocycles. The Labute approximate surface area is 172 Å². The highest BCUT2D eigenvalue weighted by Crippen LogP contribution is 2.16. The molecule has 2 N–H and O–H groups in total. The fourth-order valence-electron chi connectivity index (χ4n) is 2.77. The number of amides is 2. The number of sulfone groups is 1. The normalized spacial score (nSPS) is 19.1. The zero-order chi connectivity index (χ0) is 20.9. The van der Waals surface area contributed by atoms with Gasteiger partial charge in [-0.2, -0.15) is 0 Å². The summed E-state index contributed by atoms with van der Waals surface area (Å²) in [5.41, 5.74) is 0.376. The summed E-state index contributed by atoms with van der Waals surface area (Å²) in [6.45, 7) is 2.95. The molecular weight excluding hydrogens is 452 g/mol. The Hall–Kier alpha value is -1.94. The van der Waals surface area contributed by atoms with Gasteiger partial charge in [-0.1, -0.05) is 26.0 Å². The van der Waals surface area contributed by atoms with E-state index in [4.69, 9.17) is 4.74 Å². The first-order valence-electron chi connectivity index (χ1n) is 8.81. The maximum Gasteiger partial charge on any atom is 0.329 e. The summed E-state index contributed by atoms with van der Waals surface area (Å²) in [6.07, 6.45) is 0.346. The number of esters is 1. The predicted molar refractivity (Wildman–Crippen MR) is 106 cm³/mol. The van der Waals surface area contributed by atoms with Gasteiger partial charge in [0, 0.05) is 10.5 Å². The van der Waals surface area contributed by atoms with Gasteiger partial charge in [0.2, 0.25) is 0 Å². The van der Waals surface area contributed by atoms with Gasteiger partial charge in [-0.15, -0.1) is 0 Å². The van der Waals surface area contributed by atoms with Crippen molar-refractivity contribution in [3.63, 3.8) is 0 Å². The lowest BCUT2D eigenvalue weighted by Gasteiger charge is -2.21. The fourth-order valence-corrected chi connectivity index (χ4v) is 4.90. The molecule has 0 saturated carbocycles. The number of carbonyl (C=O) groups excluding carboxylic acids is 3. The van der Waals surface area contributed by atoms with Crippen LogP contribution in [0.5, 0.6) is 0 Å². The van der Waals surface area contributed by atoms with E-state index in [1.165, 1.54) is 0 Å². The average molecular weight is 475 g/mol. The van der Waals surface area contributed by atoms with E-state index < -0.39 is 46.3 Å². The minimum Gasteiger partial charge on any atom is -0.454 e. The van der Waals surface area contributed by atoms with E-state index in [1.807, 2.05) is 0 Å². The lowest BCUT2D eigenvalue weighted by molar-refractivity contribution is -0.151. The van der Waals surface area contributed by atoms with Gasteiger partial charge in [-0.3, -0.25) is 9.59 Å². The van der Waals surface area contributed by atoms with Gasteiger partial charge < -0.3 is 15.4 Å². The molecular formula is C18H23BrN2O6S. The Morgan fingerprint density at radius 3 is 2.50 bits per heavy atom. The first kappa shape index (κ1) is 22.4. The molecule has 0 spiro atoms. The molecule has 1 fully saturated rings. The van der Waals surface area contributed by atoms with Crippen molar-refractivity contribution in [2.24, 2.45) is 5.92 Å². The van der Waals surface area contributed by atoms with Crippen LogP contribution >= 0.6 is 15.9 Å². The van der Waals surface area contributed by atoms with Crippen LogP contribution < -0.4 is 10.6 Å². The van der Waals surface area contributed by atoms with Gasteiger partial charge in [-0.05, 0) is 40.4 Å². The minimum absolute atomic E-state index is 0.0359. The Kier molecular flexibility index (Phi) is 7.59. The maximum atomic E-state index is 12.4. The number of hydrogen-bond donors (Lipinski definition) is 2. The number of hydrogen-bond acceptors (Lipinski definition) is 6. The lowest BCUT2D eigenvalue weighted by Crippen LogP contribution is -2.46. The third-order valence-corrected chi connectivity index (χ3v) is 6.73. The van der Waals surface area contributed by atoms with Crippen molar-refractivity contribution < 1.29 is 27.5 Å². The zero-order valence-corrected chi connectivity index (χ0v) is 18.0. The van der Waals surface area contributed by atoms with E-state index in [1.54, 1.807) is 38.1 Å². The van der Waals surface area contributed by atoms with Crippen molar-refractivity contribution in [2.75, 3.05) is 18.1 Å². The SMILES string of the molecule is CC(C)C(NC(=O)c1ccccc1Br)C(=O)OCC(=O)NC1CCS(=O)(=O)C1. The Bertz CT molecular complexity index is 855. The first-order chi connectivity index (χ1) is 13.1. The number of carbonyl (C=O) groups is 3. The van der Waals surface area contributed by atoms with E-state index in [0.717, 1.165) is 0 Å². The molecule has 0 radical (unpaired) electrons. The first-order valence-corrected chi connectivity index (χ1v) is 11.4. The van der Waals surface area contributed by atoms with Crippen LogP contribution in [0.15, 0.2) is 28.7 Å². The summed E-state index contributed by atoms with van der Waals surface area (Å²) in [7, 11) is -3.11. The maximum absolute atomic E-state index is 12.4. The van der Waals surface area contributed by atoms with E-state index in [2.05, 4.69) is 26.6 Å². The summed E-state index contributed by atoms with van der Waals surface area (Å²) < 4.78 is 28.5. The van der Waals surface area contributed by atoms with Crippen LogP contribution in [-0.4, -0.2) is 56.4 Å². The standard InChI is InChI=1S/C18H23BrN2O6S/c1-11(2)16(21-17(23)13-5-3-4-6-14(13)19)18(24)27-9-15(22)20-12-7-8-28(25,26)10-12/h3-6,11-12,16H,7-10H2,1-2H3,(H,20,22)(H,21,23). The van der Waals surface area contributed by atoms with Gasteiger partial charge in [0.15, 0.2) is 16.4 Å². The molecule has 1 heterocycles. The third-order valence-electron chi connectivity index (χ3n) is 4.27. The number of halogens is 1. The lowest BCUT2D eigenvalue weighted by atomic mass is 10.0. The zero-order valence-electron chi connectivity index (χ0n) is 15.6.